The van der Waals surface area contributed by atoms with Crippen LogP contribution in [0, 0.1) is 0 Å². The lowest BCUT2D eigenvalue weighted by atomic mass is 10.00. The van der Waals surface area contributed by atoms with Gasteiger partial charge in [0.1, 0.15) is 0 Å². The molecule has 118 valence electrons. The van der Waals surface area contributed by atoms with Crippen LogP contribution in [0.15, 0.2) is 23.6 Å². The highest BCUT2D eigenvalue weighted by atomic mass is 32.2. The number of aryl methyl sites for hydroxylation is 2. The van der Waals surface area contributed by atoms with Gasteiger partial charge in [0, 0.05) is 17.5 Å². The SMILES string of the molecule is CCCc1nc(-c2ccc3c(c2)CCCN3S(C)(=O)=O)cs1. The largest absolute Gasteiger partial charge is 0.270 e. The molecule has 0 aliphatic carbocycles. The average molecular weight is 336 g/mol. The van der Waals surface area contributed by atoms with Crippen molar-refractivity contribution < 1.29 is 8.42 Å². The van der Waals surface area contributed by atoms with E-state index in [4.69, 9.17) is 0 Å². The van der Waals surface area contributed by atoms with Crippen LogP contribution in [0.25, 0.3) is 11.3 Å². The molecular weight excluding hydrogens is 316 g/mol. The average Bonchev–Trinajstić information content (AvgIpc) is 2.94. The highest BCUT2D eigenvalue weighted by Gasteiger charge is 2.24. The number of nitrogens with zero attached hydrogens (tertiary/aromatic N) is 2. The summed E-state index contributed by atoms with van der Waals surface area (Å²) >= 11 is 1.69. The van der Waals surface area contributed by atoms with Crippen LogP contribution >= 0.6 is 11.3 Å². The van der Waals surface area contributed by atoms with E-state index in [2.05, 4.69) is 23.4 Å². The van der Waals surface area contributed by atoms with Crippen molar-refractivity contribution in [1.82, 2.24) is 4.98 Å². The molecule has 4 nitrogen and oxygen atoms in total. The Morgan fingerprint density at radius 3 is 2.91 bits per heavy atom. The molecule has 0 atom stereocenters. The topological polar surface area (TPSA) is 50.3 Å². The van der Waals surface area contributed by atoms with Gasteiger partial charge in [-0.05, 0) is 43.4 Å². The predicted octanol–water partition coefficient (Wildman–Crippen LogP) is 3.47. The van der Waals surface area contributed by atoms with E-state index < -0.39 is 10.0 Å². The Morgan fingerprint density at radius 2 is 2.18 bits per heavy atom. The van der Waals surface area contributed by atoms with Crippen LogP contribution in [0.1, 0.15) is 30.3 Å². The summed E-state index contributed by atoms with van der Waals surface area (Å²) < 4.78 is 25.3. The van der Waals surface area contributed by atoms with Gasteiger partial charge in [-0.3, -0.25) is 4.31 Å². The van der Waals surface area contributed by atoms with Gasteiger partial charge in [0.2, 0.25) is 10.0 Å². The molecule has 0 N–H and O–H groups in total. The second-order valence-electron chi connectivity index (χ2n) is 5.66. The Hall–Kier alpha value is -1.40. The van der Waals surface area contributed by atoms with Crippen LogP contribution in [0.4, 0.5) is 5.69 Å². The van der Waals surface area contributed by atoms with Gasteiger partial charge in [-0.1, -0.05) is 13.0 Å². The van der Waals surface area contributed by atoms with E-state index in [-0.39, 0.29) is 0 Å². The normalized spacial score (nSPS) is 14.9. The first-order valence-corrected chi connectivity index (χ1v) is 10.3. The first-order chi connectivity index (χ1) is 10.5. The fourth-order valence-corrected chi connectivity index (χ4v) is 4.74. The molecule has 0 unspecified atom stereocenters. The molecule has 1 aliphatic rings. The smallest absolute Gasteiger partial charge is 0.232 e. The summed E-state index contributed by atoms with van der Waals surface area (Å²) in [5, 5.41) is 3.25. The molecule has 0 saturated carbocycles. The summed E-state index contributed by atoms with van der Waals surface area (Å²) in [5.74, 6) is 0. The Labute approximate surface area is 135 Å². The van der Waals surface area contributed by atoms with Crippen molar-refractivity contribution in [2.45, 2.75) is 32.6 Å². The zero-order chi connectivity index (χ0) is 15.7. The molecule has 1 aromatic heterocycles. The second kappa shape index (κ2) is 6.01. The van der Waals surface area contributed by atoms with Gasteiger partial charge in [0.05, 0.1) is 22.6 Å². The third-order valence-corrected chi connectivity index (χ3v) is 5.96. The van der Waals surface area contributed by atoms with E-state index in [1.807, 2.05) is 12.1 Å². The van der Waals surface area contributed by atoms with E-state index >= 15 is 0 Å². The molecule has 0 bridgehead atoms. The number of fused-ring (bicyclic) bond motifs is 1. The van der Waals surface area contributed by atoms with Crippen molar-refractivity contribution in [1.29, 1.82) is 0 Å². The fraction of sp³-hybridized carbons (Fsp3) is 0.438. The van der Waals surface area contributed by atoms with Crippen LogP contribution < -0.4 is 4.31 Å². The highest BCUT2D eigenvalue weighted by Crippen LogP contribution is 2.33. The van der Waals surface area contributed by atoms with Gasteiger partial charge >= 0.3 is 0 Å². The maximum Gasteiger partial charge on any atom is 0.232 e. The molecule has 3 rings (SSSR count). The van der Waals surface area contributed by atoms with Crippen molar-refractivity contribution in [2.75, 3.05) is 17.1 Å². The lowest BCUT2D eigenvalue weighted by molar-refractivity contribution is 0.592. The van der Waals surface area contributed by atoms with Crippen molar-refractivity contribution in [3.05, 3.63) is 34.2 Å². The van der Waals surface area contributed by atoms with Gasteiger partial charge in [0.25, 0.3) is 0 Å². The predicted molar refractivity (Wildman–Crippen MR) is 92.1 cm³/mol. The summed E-state index contributed by atoms with van der Waals surface area (Å²) in [5.41, 5.74) is 3.99. The number of sulfonamides is 1. The summed E-state index contributed by atoms with van der Waals surface area (Å²) in [6.45, 7) is 2.72. The second-order valence-corrected chi connectivity index (χ2v) is 8.51. The zero-order valence-corrected chi connectivity index (χ0v) is 14.5. The minimum Gasteiger partial charge on any atom is -0.270 e. The van der Waals surface area contributed by atoms with Gasteiger partial charge in [0.15, 0.2) is 0 Å². The third-order valence-electron chi connectivity index (χ3n) is 3.87. The first kappa shape index (κ1) is 15.5. The van der Waals surface area contributed by atoms with Gasteiger partial charge < -0.3 is 0 Å². The molecule has 2 aromatic rings. The lowest BCUT2D eigenvalue weighted by Gasteiger charge is -2.29. The third kappa shape index (κ3) is 3.03. The van der Waals surface area contributed by atoms with Crippen LogP contribution in [-0.4, -0.2) is 26.2 Å². The van der Waals surface area contributed by atoms with E-state index in [1.165, 1.54) is 10.6 Å². The molecule has 1 aromatic carbocycles. The standard InChI is InChI=1S/C16H20N2O2S2/c1-3-5-16-17-14(11-21-16)12-7-8-15-13(10-12)6-4-9-18(15)22(2,19)20/h7-8,10-11H,3-6,9H2,1-2H3. The summed E-state index contributed by atoms with van der Waals surface area (Å²) in [4.78, 5) is 4.67. The molecule has 0 amide bonds. The van der Waals surface area contributed by atoms with Gasteiger partial charge in [-0.15, -0.1) is 11.3 Å². The Bertz CT molecular complexity index is 781. The van der Waals surface area contributed by atoms with Crippen molar-refractivity contribution in [3.63, 3.8) is 0 Å². The summed E-state index contributed by atoms with van der Waals surface area (Å²) in [6.07, 6.45) is 5.16. The number of anilines is 1. The molecule has 6 heteroatoms. The molecule has 1 aliphatic heterocycles. The number of hydrogen-bond acceptors (Lipinski definition) is 4. The van der Waals surface area contributed by atoms with E-state index in [1.54, 1.807) is 11.3 Å². The van der Waals surface area contributed by atoms with Crippen molar-refractivity contribution in [3.8, 4) is 11.3 Å². The highest BCUT2D eigenvalue weighted by molar-refractivity contribution is 7.92. The number of rotatable bonds is 4. The van der Waals surface area contributed by atoms with Crippen molar-refractivity contribution >= 4 is 27.0 Å². The van der Waals surface area contributed by atoms with Crippen LogP contribution in [0.2, 0.25) is 0 Å². The fourth-order valence-electron chi connectivity index (χ4n) is 2.84. The molecular formula is C16H20N2O2S2. The summed E-state index contributed by atoms with van der Waals surface area (Å²) in [7, 11) is -3.20. The van der Waals surface area contributed by atoms with Crippen LogP contribution in [-0.2, 0) is 22.9 Å². The first-order valence-electron chi connectivity index (χ1n) is 7.54. The van der Waals surface area contributed by atoms with Gasteiger partial charge in [-0.25, -0.2) is 13.4 Å². The zero-order valence-electron chi connectivity index (χ0n) is 12.9. The van der Waals surface area contributed by atoms with Crippen LogP contribution in [0.5, 0.6) is 0 Å². The summed E-state index contributed by atoms with van der Waals surface area (Å²) in [6, 6.07) is 5.99. The molecule has 0 saturated heterocycles. The monoisotopic (exact) mass is 336 g/mol. The Morgan fingerprint density at radius 1 is 1.36 bits per heavy atom. The maximum absolute atomic E-state index is 11.9. The maximum atomic E-state index is 11.9. The number of benzene rings is 1. The number of hydrogen-bond donors (Lipinski definition) is 0. The Kier molecular flexibility index (Phi) is 4.23. The minimum atomic E-state index is -3.20. The number of thiazole rings is 1. The van der Waals surface area contributed by atoms with E-state index in [0.717, 1.165) is 53.2 Å². The van der Waals surface area contributed by atoms with Gasteiger partial charge in [-0.2, -0.15) is 0 Å². The minimum absolute atomic E-state index is 0.572. The quantitative estimate of drug-likeness (QED) is 0.859. The number of aromatic nitrogens is 1. The Balaban J connectivity index is 1.96. The lowest BCUT2D eigenvalue weighted by Crippen LogP contribution is -2.34. The van der Waals surface area contributed by atoms with Crippen molar-refractivity contribution in [2.24, 2.45) is 0 Å². The molecule has 0 spiro atoms. The van der Waals surface area contributed by atoms with Crippen LogP contribution in [0.3, 0.4) is 0 Å². The molecule has 0 radical (unpaired) electrons. The molecule has 2 heterocycles. The molecule has 22 heavy (non-hydrogen) atoms. The molecule has 0 fully saturated rings. The van der Waals surface area contributed by atoms with E-state index in [9.17, 15) is 8.42 Å². The van der Waals surface area contributed by atoms with E-state index in [0.29, 0.717) is 6.54 Å².